The van der Waals surface area contributed by atoms with Crippen LogP contribution in [0.3, 0.4) is 0 Å². The van der Waals surface area contributed by atoms with E-state index in [1.807, 2.05) is 0 Å². The minimum atomic E-state index is 0.613. The van der Waals surface area contributed by atoms with E-state index in [9.17, 15) is 0 Å². The normalized spacial score (nSPS) is 38.8. The highest BCUT2D eigenvalue weighted by Gasteiger charge is 2.60. The van der Waals surface area contributed by atoms with Gasteiger partial charge in [-0.15, -0.1) is 0 Å². The van der Waals surface area contributed by atoms with Gasteiger partial charge in [0.1, 0.15) is 0 Å². The van der Waals surface area contributed by atoms with Gasteiger partial charge in [0.15, 0.2) is 0 Å². The molecule has 0 aliphatic heterocycles. The molecule has 0 aromatic rings. The summed E-state index contributed by atoms with van der Waals surface area (Å²) in [5.41, 5.74) is 6.80. The van der Waals surface area contributed by atoms with Crippen molar-refractivity contribution >= 4 is 0 Å². The first kappa shape index (κ1) is 31.8. The molecule has 4 aliphatic carbocycles. The average molecular weight is 545 g/mol. The summed E-state index contributed by atoms with van der Waals surface area (Å²) in [5, 5.41) is 11.0. The summed E-state index contributed by atoms with van der Waals surface area (Å²) in [6.07, 6.45) is 20.1. The smallest absolute Gasteiger partial charge is 0.00767 e. The number of nitrogens with one attached hydrogen (secondary N) is 3. The highest BCUT2D eigenvalue weighted by molar-refractivity contribution is 5.10. The first-order chi connectivity index (χ1) is 18.8. The van der Waals surface area contributed by atoms with Crippen molar-refractivity contribution in [2.24, 2.45) is 58.0 Å². The maximum absolute atomic E-state index is 5.55. The standard InChI is InChI=1S/C35H68N4/c1-26(2)9-6-10-27(3)31-13-14-32-30-12-11-28-25-29(39-22-8-21-38-24-23-37-20-7-19-36)15-17-34(28,4)33(30)16-18-35(31,32)5/h26-33,37-39H,6-25,36H2,1-5H3/t27-,28-,29-,30?,31-,32?,33?,34+,35-/m1/s1. The molecule has 3 unspecified atom stereocenters. The third kappa shape index (κ3) is 7.63. The van der Waals surface area contributed by atoms with E-state index in [1.165, 1.54) is 83.6 Å². The highest BCUT2D eigenvalue weighted by Crippen LogP contribution is 2.68. The van der Waals surface area contributed by atoms with Crippen LogP contribution in [0, 0.1) is 52.3 Å². The molecule has 4 heteroatoms. The zero-order chi connectivity index (χ0) is 27.9. The van der Waals surface area contributed by atoms with Crippen LogP contribution in [0.5, 0.6) is 0 Å². The third-order valence-electron chi connectivity index (χ3n) is 12.9. The van der Waals surface area contributed by atoms with Crippen LogP contribution in [0.2, 0.25) is 0 Å². The minimum absolute atomic E-state index is 0.613. The molecular formula is C35H68N4. The average Bonchev–Trinajstić information content (AvgIpc) is 3.27. The van der Waals surface area contributed by atoms with Gasteiger partial charge in [-0.25, -0.2) is 0 Å². The SMILES string of the molecule is CC(C)CCC[C@@H](C)[C@H]1CCC2C3CC[C@@H]4C[C@H](NCCCNCCNCCCN)CC[C@]4(C)C3CC[C@@]21C. The lowest BCUT2D eigenvalue weighted by Crippen LogP contribution is -2.55. The predicted octanol–water partition coefficient (Wildman–Crippen LogP) is 6.98. The number of hydrogen-bond acceptors (Lipinski definition) is 4. The molecule has 5 N–H and O–H groups in total. The van der Waals surface area contributed by atoms with Crippen LogP contribution < -0.4 is 21.7 Å². The Kier molecular flexibility index (Phi) is 12.1. The van der Waals surface area contributed by atoms with Crippen molar-refractivity contribution in [2.75, 3.05) is 39.3 Å². The summed E-state index contributed by atoms with van der Waals surface area (Å²) >= 11 is 0. The van der Waals surface area contributed by atoms with E-state index in [0.717, 1.165) is 86.6 Å². The van der Waals surface area contributed by atoms with Crippen molar-refractivity contribution in [3.05, 3.63) is 0 Å². The molecule has 0 spiro atoms. The van der Waals surface area contributed by atoms with Gasteiger partial charge in [0.25, 0.3) is 0 Å². The van der Waals surface area contributed by atoms with Crippen LogP contribution in [-0.4, -0.2) is 45.3 Å². The molecule has 0 bridgehead atoms. The molecule has 0 saturated heterocycles. The fourth-order valence-electron chi connectivity index (χ4n) is 10.6. The summed E-state index contributed by atoms with van der Waals surface area (Å²) in [6.45, 7) is 19.2. The van der Waals surface area contributed by atoms with Crippen molar-refractivity contribution in [1.82, 2.24) is 16.0 Å². The molecule has 4 aliphatic rings. The van der Waals surface area contributed by atoms with Gasteiger partial charge in [-0.3, -0.25) is 0 Å². The Bertz CT molecular complexity index is 711. The van der Waals surface area contributed by atoms with Crippen LogP contribution in [0.1, 0.15) is 125 Å². The van der Waals surface area contributed by atoms with Crippen LogP contribution in [0.4, 0.5) is 0 Å². The lowest BCUT2D eigenvalue weighted by atomic mass is 9.44. The molecule has 0 aromatic heterocycles. The number of rotatable bonds is 16. The predicted molar refractivity (Wildman–Crippen MR) is 169 cm³/mol. The molecule has 9 atom stereocenters. The van der Waals surface area contributed by atoms with Crippen LogP contribution in [0.15, 0.2) is 0 Å². The van der Waals surface area contributed by atoms with E-state index in [1.54, 1.807) is 6.42 Å². The van der Waals surface area contributed by atoms with Crippen LogP contribution >= 0.6 is 0 Å². The lowest BCUT2D eigenvalue weighted by molar-refractivity contribution is -0.118. The van der Waals surface area contributed by atoms with E-state index in [4.69, 9.17) is 5.73 Å². The van der Waals surface area contributed by atoms with Crippen molar-refractivity contribution < 1.29 is 0 Å². The summed E-state index contributed by atoms with van der Waals surface area (Å²) in [4.78, 5) is 0. The Balaban J connectivity index is 1.20. The number of nitrogens with two attached hydrogens (primary N) is 1. The van der Waals surface area contributed by atoms with Crippen molar-refractivity contribution in [3.8, 4) is 0 Å². The lowest BCUT2D eigenvalue weighted by Gasteiger charge is -2.61. The molecule has 0 heterocycles. The van der Waals surface area contributed by atoms with Gasteiger partial charge in [-0.1, -0.05) is 53.9 Å². The van der Waals surface area contributed by atoms with Gasteiger partial charge < -0.3 is 21.7 Å². The second-order valence-electron chi connectivity index (χ2n) is 15.6. The largest absolute Gasteiger partial charge is 0.330 e. The fourth-order valence-corrected chi connectivity index (χ4v) is 10.6. The Morgan fingerprint density at radius 1 is 0.718 bits per heavy atom. The first-order valence-corrected chi connectivity index (χ1v) is 17.6. The second-order valence-corrected chi connectivity index (χ2v) is 15.6. The second kappa shape index (κ2) is 14.8. The zero-order valence-corrected chi connectivity index (χ0v) is 26.8. The molecule has 4 rings (SSSR count). The summed E-state index contributed by atoms with van der Waals surface area (Å²) < 4.78 is 0. The van der Waals surface area contributed by atoms with Gasteiger partial charge in [0, 0.05) is 19.1 Å². The Morgan fingerprint density at radius 2 is 1.44 bits per heavy atom. The van der Waals surface area contributed by atoms with Crippen LogP contribution in [-0.2, 0) is 0 Å². The van der Waals surface area contributed by atoms with Crippen molar-refractivity contribution in [2.45, 2.75) is 131 Å². The summed E-state index contributed by atoms with van der Waals surface area (Å²) in [6, 6.07) is 0.758. The van der Waals surface area contributed by atoms with Gasteiger partial charge in [-0.05, 0) is 149 Å². The van der Waals surface area contributed by atoms with Crippen molar-refractivity contribution in [1.29, 1.82) is 0 Å². The molecule has 4 nitrogen and oxygen atoms in total. The third-order valence-corrected chi connectivity index (χ3v) is 12.9. The molecule has 4 saturated carbocycles. The quantitative estimate of drug-likeness (QED) is 0.158. The van der Waals surface area contributed by atoms with E-state index in [-0.39, 0.29) is 0 Å². The molecule has 0 aromatic carbocycles. The Labute approximate surface area is 243 Å². The molecular weight excluding hydrogens is 476 g/mol. The summed E-state index contributed by atoms with van der Waals surface area (Å²) in [7, 11) is 0. The minimum Gasteiger partial charge on any atom is -0.330 e. The van der Waals surface area contributed by atoms with Gasteiger partial charge in [0.05, 0.1) is 0 Å². The van der Waals surface area contributed by atoms with E-state index in [0.29, 0.717) is 10.8 Å². The highest BCUT2D eigenvalue weighted by atomic mass is 15.0. The van der Waals surface area contributed by atoms with E-state index < -0.39 is 0 Å². The maximum atomic E-state index is 5.55. The van der Waals surface area contributed by atoms with E-state index in [2.05, 4.69) is 50.6 Å². The first-order valence-electron chi connectivity index (χ1n) is 17.6. The van der Waals surface area contributed by atoms with Crippen LogP contribution in [0.25, 0.3) is 0 Å². The van der Waals surface area contributed by atoms with Gasteiger partial charge >= 0.3 is 0 Å². The molecule has 4 fully saturated rings. The zero-order valence-electron chi connectivity index (χ0n) is 26.8. The van der Waals surface area contributed by atoms with Gasteiger partial charge in [0.2, 0.25) is 0 Å². The molecule has 228 valence electrons. The Morgan fingerprint density at radius 3 is 2.18 bits per heavy atom. The summed E-state index contributed by atoms with van der Waals surface area (Å²) in [5.74, 6) is 6.79. The van der Waals surface area contributed by atoms with Gasteiger partial charge in [-0.2, -0.15) is 0 Å². The van der Waals surface area contributed by atoms with Crippen molar-refractivity contribution in [3.63, 3.8) is 0 Å². The molecule has 0 radical (unpaired) electrons. The number of hydrogen-bond donors (Lipinski definition) is 4. The molecule has 39 heavy (non-hydrogen) atoms. The topological polar surface area (TPSA) is 62.1 Å². The fraction of sp³-hybridized carbons (Fsp3) is 1.00. The monoisotopic (exact) mass is 545 g/mol. The number of fused-ring (bicyclic) bond motifs is 5. The van der Waals surface area contributed by atoms with E-state index >= 15 is 0 Å². The molecule has 0 amide bonds. The maximum Gasteiger partial charge on any atom is 0.00767 e. The Hall–Kier alpha value is -0.160.